The Kier molecular flexibility index (Phi) is 4.86. The predicted octanol–water partition coefficient (Wildman–Crippen LogP) is 3.99. The number of nitrogens with zero attached hydrogens (tertiary/aromatic N) is 4. The summed E-state index contributed by atoms with van der Waals surface area (Å²) in [7, 11) is 0. The van der Waals surface area contributed by atoms with Gasteiger partial charge < -0.3 is 9.94 Å². The predicted molar refractivity (Wildman–Crippen MR) is 103 cm³/mol. The second-order valence-corrected chi connectivity index (χ2v) is 7.22. The van der Waals surface area contributed by atoms with E-state index in [9.17, 15) is 5.11 Å². The molecule has 6 nitrogen and oxygen atoms in total. The van der Waals surface area contributed by atoms with Crippen molar-refractivity contribution in [1.82, 2.24) is 14.8 Å². The summed E-state index contributed by atoms with van der Waals surface area (Å²) in [5.41, 5.74) is 0.707. The molecule has 0 saturated carbocycles. The molecular weight excluding hydrogens is 387 g/mol. The van der Waals surface area contributed by atoms with E-state index in [1.54, 1.807) is 47.4 Å². The molecule has 2 unspecified atom stereocenters. The molecule has 0 fully saturated rings. The van der Waals surface area contributed by atoms with Gasteiger partial charge in [0.15, 0.2) is 11.7 Å². The molecule has 0 saturated heterocycles. The molecule has 0 radical (unpaired) electrons. The van der Waals surface area contributed by atoms with Crippen molar-refractivity contribution in [3.63, 3.8) is 0 Å². The van der Waals surface area contributed by atoms with Gasteiger partial charge in [-0.2, -0.15) is 5.10 Å². The Morgan fingerprint density at radius 1 is 1.07 bits per heavy atom. The Morgan fingerprint density at radius 2 is 1.74 bits per heavy atom. The molecule has 8 heteroatoms. The number of rotatable bonds is 5. The van der Waals surface area contributed by atoms with Crippen LogP contribution in [0.2, 0.25) is 10.0 Å². The second-order valence-electron chi connectivity index (χ2n) is 6.35. The monoisotopic (exact) mass is 402 g/mol. The highest BCUT2D eigenvalue weighted by atomic mass is 35.5. The SMILES string of the molecule is OC(Cn1cncn1)(C1=NOC(c2ccc(Cl)cc2)C1)c1ccc(Cl)cc1. The molecule has 3 aromatic rings. The normalized spacial score (nSPS) is 18.6. The minimum atomic E-state index is -1.40. The zero-order chi connectivity index (χ0) is 18.9. The van der Waals surface area contributed by atoms with Gasteiger partial charge in [0.25, 0.3) is 0 Å². The summed E-state index contributed by atoms with van der Waals surface area (Å²) in [6.45, 7) is 0.157. The first kappa shape index (κ1) is 18.0. The lowest BCUT2D eigenvalue weighted by Gasteiger charge is -2.28. The van der Waals surface area contributed by atoms with Crippen LogP contribution in [0.25, 0.3) is 0 Å². The average Bonchev–Trinajstić information content (AvgIpc) is 3.35. The van der Waals surface area contributed by atoms with Crippen LogP contribution in [0.3, 0.4) is 0 Å². The molecule has 0 bridgehead atoms. The van der Waals surface area contributed by atoms with E-state index in [2.05, 4.69) is 15.2 Å². The molecule has 1 aliphatic rings. The Bertz CT molecular complexity index is 943. The first-order chi connectivity index (χ1) is 13.0. The zero-order valence-corrected chi connectivity index (χ0v) is 15.7. The Labute approximate surface area is 166 Å². The van der Waals surface area contributed by atoms with Crippen molar-refractivity contribution in [2.24, 2.45) is 5.16 Å². The smallest absolute Gasteiger partial charge is 0.158 e. The quantitative estimate of drug-likeness (QED) is 0.699. The summed E-state index contributed by atoms with van der Waals surface area (Å²) in [4.78, 5) is 9.56. The summed E-state index contributed by atoms with van der Waals surface area (Å²) >= 11 is 12.0. The van der Waals surface area contributed by atoms with E-state index in [4.69, 9.17) is 28.0 Å². The van der Waals surface area contributed by atoms with Gasteiger partial charge in [0, 0.05) is 16.5 Å². The van der Waals surface area contributed by atoms with Crippen molar-refractivity contribution in [2.45, 2.75) is 24.7 Å². The van der Waals surface area contributed by atoms with Crippen molar-refractivity contribution >= 4 is 28.9 Å². The zero-order valence-electron chi connectivity index (χ0n) is 14.2. The fourth-order valence-electron chi connectivity index (χ4n) is 3.10. The van der Waals surface area contributed by atoms with Gasteiger partial charge in [0.1, 0.15) is 12.7 Å². The van der Waals surface area contributed by atoms with Crippen LogP contribution in [0.5, 0.6) is 0 Å². The Hall–Kier alpha value is -2.41. The highest BCUT2D eigenvalue weighted by molar-refractivity contribution is 6.30. The van der Waals surface area contributed by atoms with Crippen LogP contribution in [-0.2, 0) is 17.0 Å². The highest BCUT2D eigenvalue weighted by Gasteiger charge is 2.41. The fourth-order valence-corrected chi connectivity index (χ4v) is 3.35. The highest BCUT2D eigenvalue weighted by Crippen LogP contribution is 2.36. The van der Waals surface area contributed by atoms with E-state index in [1.807, 2.05) is 12.1 Å². The third-order valence-electron chi connectivity index (χ3n) is 4.57. The number of benzene rings is 2. The molecule has 27 heavy (non-hydrogen) atoms. The second kappa shape index (κ2) is 7.31. The van der Waals surface area contributed by atoms with Crippen LogP contribution >= 0.6 is 23.2 Å². The first-order valence-electron chi connectivity index (χ1n) is 8.34. The van der Waals surface area contributed by atoms with Gasteiger partial charge in [0.05, 0.1) is 12.3 Å². The van der Waals surface area contributed by atoms with Crippen LogP contribution in [0.15, 0.2) is 66.3 Å². The van der Waals surface area contributed by atoms with Crippen LogP contribution in [0.4, 0.5) is 0 Å². The topological polar surface area (TPSA) is 72.5 Å². The third-order valence-corrected chi connectivity index (χ3v) is 5.07. The minimum Gasteiger partial charge on any atom is -0.387 e. The van der Waals surface area contributed by atoms with Gasteiger partial charge in [-0.15, -0.1) is 0 Å². The summed E-state index contributed by atoms with van der Waals surface area (Å²) < 4.78 is 1.56. The van der Waals surface area contributed by atoms with Crippen molar-refractivity contribution in [3.05, 3.63) is 82.4 Å². The van der Waals surface area contributed by atoms with Gasteiger partial charge in [-0.3, -0.25) is 0 Å². The average molecular weight is 403 g/mol. The maximum Gasteiger partial charge on any atom is 0.158 e. The van der Waals surface area contributed by atoms with Gasteiger partial charge in [-0.1, -0.05) is 52.6 Å². The maximum atomic E-state index is 11.6. The molecule has 4 rings (SSSR count). The van der Waals surface area contributed by atoms with Gasteiger partial charge in [-0.25, -0.2) is 9.67 Å². The Morgan fingerprint density at radius 3 is 2.37 bits per heavy atom. The molecular formula is C19H16Cl2N4O2. The largest absolute Gasteiger partial charge is 0.387 e. The van der Waals surface area contributed by atoms with Crippen LogP contribution in [0.1, 0.15) is 23.7 Å². The van der Waals surface area contributed by atoms with Crippen LogP contribution in [-0.4, -0.2) is 25.6 Å². The molecule has 2 aromatic carbocycles. The maximum absolute atomic E-state index is 11.6. The van der Waals surface area contributed by atoms with E-state index < -0.39 is 5.60 Å². The number of aliphatic hydroxyl groups is 1. The molecule has 1 N–H and O–H groups in total. The molecule has 2 heterocycles. The minimum absolute atomic E-state index is 0.157. The van der Waals surface area contributed by atoms with Crippen LogP contribution in [0, 0.1) is 0 Å². The molecule has 0 aliphatic carbocycles. The number of hydrogen-bond acceptors (Lipinski definition) is 5. The van der Waals surface area contributed by atoms with Gasteiger partial charge >= 0.3 is 0 Å². The number of halogens is 2. The fraction of sp³-hybridized carbons (Fsp3) is 0.211. The summed E-state index contributed by atoms with van der Waals surface area (Å²) in [5, 5.41) is 21.2. The van der Waals surface area contributed by atoms with E-state index in [-0.39, 0.29) is 12.6 Å². The Balaban J connectivity index is 1.64. The molecule has 1 aliphatic heterocycles. The van der Waals surface area contributed by atoms with Crippen LogP contribution < -0.4 is 0 Å². The van der Waals surface area contributed by atoms with Crippen molar-refractivity contribution < 1.29 is 9.94 Å². The molecule has 0 amide bonds. The number of oxime groups is 1. The van der Waals surface area contributed by atoms with Crippen molar-refractivity contribution in [2.75, 3.05) is 0 Å². The van der Waals surface area contributed by atoms with Gasteiger partial charge in [0.2, 0.25) is 0 Å². The lowest BCUT2D eigenvalue weighted by atomic mass is 9.85. The number of hydrogen-bond donors (Lipinski definition) is 1. The van der Waals surface area contributed by atoms with Gasteiger partial charge in [-0.05, 0) is 35.4 Å². The lowest BCUT2D eigenvalue weighted by Crippen LogP contribution is -2.39. The van der Waals surface area contributed by atoms with Crippen molar-refractivity contribution in [1.29, 1.82) is 0 Å². The third kappa shape index (κ3) is 3.69. The summed E-state index contributed by atoms with van der Waals surface area (Å²) in [5.74, 6) is 0. The first-order valence-corrected chi connectivity index (χ1v) is 9.10. The molecule has 138 valence electrons. The van der Waals surface area contributed by atoms with E-state index in [1.165, 1.54) is 6.33 Å². The summed E-state index contributed by atoms with van der Waals surface area (Å²) in [6, 6.07) is 14.4. The molecule has 0 spiro atoms. The summed E-state index contributed by atoms with van der Waals surface area (Å²) in [6.07, 6.45) is 3.13. The number of aromatic nitrogens is 3. The van der Waals surface area contributed by atoms with E-state index in [0.717, 1.165) is 5.56 Å². The standard InChI is InChI=1S/C19H16Cl2N4O2/c20-15-5-1-13(2-6-15)17-9-18(24-27-17)19(26,10-25-12-22-11-23-25)14-3-7-16(21)8-4-14/h1-8,11-12,17,26H,9-10H2. The lowest BCUT2D eigenvalue weighted by molar-refractivity contribution is 0.0788. The molecule has 1 aromatic heterocycles. The van der Waals surface area contributed by atoms with E-state index in [0.29, 0.717) is 27.7 Å². The van der Waals surface area contributed by atoms with Crippen molar-refractivity contribution in [3.8, 4) is 0 Å². The van der Waals surface area contributed by atoms with E-state index >= 15 is 0 Å². The molecule has 2 atom stereocenters.